The first-order valence-corrected chi connectivity index (χ1v) is 7.36. The molecule has 0 bridgehead atoms. The van der Waals surface area contributed by atoms with Crippen LogP contribution in [0, 0.1) is 0 Å². The average molecular weight is 319 g/mol. The van der Waals surface area contributed by atoms with E-state index in [0.717, 1.165) is 5.56 Å². The normalized spacial score (nSPS) is 11.1. The van der Waals surface area contributed by atoms with Gasteiger partial charge < -0.3 is 10.6 Å². The van der Waals surface area contributed by atoms with E-state index < -0.39 is 0 Å². The predicted molar refractivity (Wildman–Crippen MR) is 88.0 cm³/mol. The van der Waals surface area contributed by atoms with E-state index >= 15 is 0 Å². The van der Waals surface area contributed by atoms with Crippen LogP contribution in [0.1, 0.15) is 36.8 Å². The first-order valence-electron chi connectivity index (χ1n) is 6.98. The van der Waals surface area contributed by atoms with Gasteiger partial charge in [-0.15, -0.1) is 0 Å². The highest BCUT2D eigenvalue weighted by Crippen LogP contribution is 2.14. The Morgan fingerprint density at radius 2 is 1.95 bits per heavy atom. The van der Waals surface area contributed by atoms with E-state index in [2.05, 4.69) is 20.6 Å². The van der Waals surface area contributed by atoms with Crippen molar-refractivity contribution >= 4 is 23.5 Å². The molecular weight excluding hydrogens is 300 g/mol. The van der Waals surface area contributed by atoms with Gasteiger partial charge in [-0.2, -0.15) is 0 Å². The molecule has 2 rings (SSSR count). The molecule has 22 heavy (non-hydrogen) atoms. The van der Waals surface area contributed by atoms with Crippen LogP contribution in [0.5, 0.6) is 0 Å². The number of nitrogens with one attached hydrogen (secondary N) is 2. The molecule has 6 heteroatoms. The van der Waals surface area contributed by atoms with Crippen molar-refractivity contribution in [2.45, 2.75) is 32.9 Å². The highest BCUT2D eigenvalue weighted by molar-refractivity contribution is 6.31. The fourth-order valence-corrected chi connectivity index (χ4v) is 1.99. The van der Waals surface area contributed by atoms with Gasteiger partial charge in [0, 0.05) is 23.3 Å². The van der Waals surface area contributed by atoms with Gasteiger partial charge in [0.05, 0.1) is 0 Å². The Morgan fingerprint density at radius 1 is 1.23 bits per heavy atom. The molecule has 1 aromatic heterocycles. The maximum atomic E-state index is 12.2. The first-order chi connectivity index (χ1) is 10.3. The van der Waals surface area contributed by atoms with Crippen LogP contribution in [-0.4, -0.2) is 21.4 Å². The first kappa shape index (κ1) is 16.2. The summed E-state index contributed by atoms with van der Waals surface area (Å²) in [6.45, 7) is 6.35. The van der Waals surface area contributed by atoms with Crippen LogP contribution in [0.15, 0.2) is 36.5 Å². The zero-order chi connectivity index (χ0) is 16.2. The molecule has 2 aromatic rings. The topological polar surface area (TPSA) is 66.9 Å². The number of rotatable bonds is 4. The third kappa shape index (κ3) is 4.70. The number of hydrogen-bond donors (Lipinski definition) is 2. The fraction of sp³-hybridized carbons (Fsp3) is 0.312. The summed E-state index contributed by atoms with van der Waals surface area (Å²) in [6.07, 6.45) is 1.56. The molecule has 0 saturated carbocycles. The van der Waals surface area contributed by atoms with E-state index in [0.29, 0.717) is 23.2 Å². The van der Waals surface area contributed by atoms with Crippen molar-refractivity contribution in [2.24, 2.45) is 0 Å². The van der Waals surface area contributed by atoms with Crippen LogP contribution in [0.2, 0.25) is 5.02 Å². The largest absolute Gasteiger partial charge is 0.350 e. The molecule has 0 atom stereocenters. The number of aromatic nitrogens is 2. The van der Waals surface area contributed by atoms with Crippen molar-refractivity contribution < 1.29 is 4.79 Å². The highest BCUT2D eigenvalue weighted by Gasteiger charge is 2.14. The molecule has 5 nitrogen and oxygen atoms in total. The van der Waals surface area contributed by atoms with Gasteiger partial charge in [-0.3, -0.25) is 4.79 Å². The second kappa shape index (κ2) is 6.75. The summed E-state index contributed by atoms with van der Waals surface area (Å²) < 4.78 is 0. The second-order valence-corrected chi connectivity index (χ2v) is 6.32. The Hall–Kier alpha value is -2.14. The van der Waals surface area contributed by atoms with Crippen LogP contribution in [0.25, 0.3) is 0 Å². The van der Waals surface area contributed by atoms with E-state index in [1.54, 1.807) is 18.3 Å². The number of amides is 1. The summed E-state index contributed by atoms with van der Waals surface area (Å²) >= 11 is 6.06. The Balaban J connectivity index is 2.04. The van der Waals surface area contributed by atoms with Gasteiger partial charge in [0.2, 0.25) is 5.95 Å². The Morgan fingerprint density at radius 3 is 2.64 bits per heavy atom. The lowest BCUT2D eigenvalue weighted by Gasteiger charge is -2.20. The van der Waals surface area contributed by atoms with Crippen molar-refractivity contribution in [3.05, 3.63) is 52.8 Å². The lowest BCUT2D eigenvalue weighted by atomic mass is 10.1. The number of benzene rings is 1. The van der Waals surface area contributed by atoms with Gasteiger partial charge in [0.15, 0.2) is 0 Å². The van der Waals surface area contributed by atoms with Crippen molar-refractivity contribution in [2.75, 3.05) is 5.32 Å². The van der Waals surface area contributed by atoms with Gasteiger partial charge >= 0.3 is 0 Å². The summed E-state index contributed by atoms with van der Waals surface area (Å²) in [5, 5.41) is 6.57. The number of anilines is 1. The van der Waals surface area contributed by atoms with Crippen molar-refractivity contribution in [3.8, 4) is 0 Å². The summed E-state index contributed by atoms with van der Waals surface area (Å²) in [5.41, 5.74) is 1.00. The zero-order valence-electron chi connectivity index (χ0n) is 12.9. The van der Waals surface area contributed by atoms with Crippen molar-refractivity contribution in [1.29, 1.82) is 0 Å². The highest BCUT2D eigenvalue weighted by atomic mass is 35.5. The Labute approximate surface area is 135 Å². The molecule has 0 aliphatic carbocycles. The SMILES string of the molecule is CC(C)(C)Nc1nccc(C(=O)NCc2ccccc2Cl)n1. The molecule has 1 amide bonds. The fourth-order valence-electron chi connectivity index (χ4n) is 1.79. The van der Waals surface area contributed by atoms with Gasteiger partial charge in [0.25, 0.3) is 5.91 Å². The van der Waals surface area contributed by atoms with E-state index in [4.69, 9.17) is 11.6 Å². The number of halogens is 1. The Kier molecular flexibility index (Phi) is 4.98. The van der Waals surface area contributed by atoms with Gasteiger partial charge in [-0.25, -0.2) is 9.97 Å². The molecule has 0 aliphatic rings. The molecule has 0 spiro atoms. The standard InChI is InChI=1S/C16H19ClN4O/c1-16(2,3)21-15-18-9-8-13(20-15)14(22)19-10-11-6-4-5-7-12(11)17/h4-9H,10H2,1-3H3,(H,19,22)(H,18,20,21). The molecule has 116 valence electrons. The summed E-state index contributed by atoms with van der Waals surface area (Å²) in [6, 6.07) is 8.97. The van der Waals surface area contributed by atoms with E-state index in [1.807, 2.05) is 39.0 Å². The molecular formula is C16H19ClN4O. The molecule has 0 saturated heterocycles. The van der Waals surface area contributed by atoms with Crippen molar-refractivity contribution in [3.63, 3.8) is 0 Å². The Bertz CT molecular complexity index is 667. The maximum Gasteiger partial charge on any atom is 0.270 e. The predicted octanol–water partition coefficient (Wildman–Crippen LogP) is 3.27. The van der Waals surface area contributed by atoms with Crippen LogP contribution < -0.4 is 10.6 Å². The lowest BCUT2D eigenvalue weighted by Crippen LogP contribution is -2.29. The van der Waals surface area contributed by atoms with Gasteiger partial charge in [0.1, 0.15) is 5.69 Å². The van der Waals surface area contributed by atoms with Gasteiger partial charge in [-0.05, 0) is 38.5 Å². The quantitative estimate of drug-likeness (QED) is 0.908. The minimum absolute atomic E-state index is 0.174. The van der Waals surface area contributed by atoms with Crippen LogP contribution in [0.3, 0.4) is 0 Å². The molecule has 1 heterocycles. The number of hydrogen-bond acceptors (Lipinski definition) is 4. The molecule has 0 aliphatic heterocycles. The molecule has 2 N–H and O–H groups in total. The van der Waals surface area contributed by atoms with Crippen LogP contribution in [0.4, 0.5) is 5.95 Å². The summed E-state index contributed by atoms with van der Waals surface area (Å²) in [4.78, 5) is 20.5. The number of carbonyl (C=O) groups is 1. The zero-order valence-corrected chi connectivity index (χ0v) is 13.6. The number of nitrogens with zero attached hydrogens (tertiary/aromatic N) is 2. The van der Waals surface area contributed by atoms with E-state index in [1.165, 1.54) is 0 Å². The molecule has 1 aromatic carbocycles. The summed E-state index contributed by atoms with van der Waals surface area (Å²) in [7, 11) is 0. The van der Waals surface area contributed by atoms with Gasteiger partial charge in [-0.1, -0.05) is 29.8 Å². The monoisotopic (exact) mass is 318 g/mol. The average Bonchev–Trinajstić information content (AvgIpc) is 2.44. The van der Waals surface area contributed by atoms with Crippen LogP contribution in [-0.2, 0) is 6.54 Å². The van der Waals surface area contributed by atoms with E-state index in [-0.39, 0.29) is 11.4 Å². The van der Waals surface area contributed by atoms with Crippen molar-refractivity contribution in [1.82, 2.24) is 15.3 Å². The third-order valence-corrected chi connectivity index (χ3v) is 3.14. The smallest absolute Gasteiger partial charge is 0.270 e. The number of carbonyl (C=O) groups excluding carboxylic acids is 1. The minimum atomic E-state index is -0.265. The van der Waals surface area contributed by atoms with Crippen LogP contribution >= 0.6 is 11.6 Å². The maximum absolute atomic E-state index is 12.2. The molecule has 0 fully saturated rings. The third-order valence-electron chi connectivity index (χ3n) is 2.77. The second-order valence-electron chi connectivity index (χ2n) is 5.91. The minimum Gasteiger partial charge on any atom is -0.350 e. The molecule has 0 radical (unpaired) electrons. The molecule has 0 unspecified atom stereocenters. The lowest BCUT2D eigenvalue weighted by molar-refractivity contribution is 0.0946. The summed E-state index contributed by atoms with van der Waals surface area (Å²) in [5.74, 6) is 0.164. The van der Waals surface area contributed by atoms with E-state index in [9.17, 15) is 4.79 Å².